The smallest absolute Gasteiger partial charge is 0.344 e. The van der Waals surface area contributed by atoms with Gasteiger partial charge in [-0.1, -0.05) is 11.6 Å². The zero-order chi connectivity index (χ0) is 18.2. The molecule has 2 rings (SSSR count). The molecule has 0 aliphatic rings. The van der Waals surface area contributed by atoms with Crippen LogP contribution >= 0.6 is 11.6 Å². The zero-order valence-corrected chi connectivity index (χ0v) is 14.2. The number of aldehydes is 1. The second-order valence-corrected chi connectivity index (χ2v) is 5.54. The number of benzene rings is 2. The highest BCUT2D eigenvalue weighted by molar-refractivity contribution is 6.30. The van der Waals surface area contributed by atoms with E-state index in [1.54, 1.807) is 48.5 Å². The summed E-state index contributed by atoms with van der Waals surface area (Å²) in [6.07, 6.45) is -0.275. The highest BCUT2D eigenvalue weighted by Gasteiger charge is 2.18. The molecule has 0 saturated heterocycles. The molecule has 130 valence electrons. The van der Waals surface area contributed by atoms with E-state index in [1.165, 1.54) is 6.92 Å². The lowest BCUT2D eigenvalue weighted by Crippen LogP contribution is -2.31. The van der Waals surface area contributed by atoms with Gasteiger partial charge in [-0.2, -0.15) is 0 Å². The summed E-state index contributed by atoms with van der Waals surface area (Å²) in [5, 5.41) is 3.16. The summed E-state index contributed by atoms with van der Waals surface area (Å²) in [5.41, 5.74) is 1.05. The summed E-state index contributed by atoms with van der Waals surface area (Å²) >= 11 is 5.77. The Kier molecular flexibility index (Phi) is 6.54. The predicted octanol–water partition coefficient (Wildman–Crippen LogP) is 3.10. The van der Waals surface area contributed by atoms with Crippen molar-refractivity contribution in [1.82, 2.24) is 0 Å². The molecule has 0 heterocycles. The molecule has 0 bridgehead atoms. The zero-order valence-electron chi connectivity index (χ0n) is 13.4. The van der Waals surface area contributed by atoms with Crippen molar-refractivity contribution in [2.45, 2.75) is 13.0 Å². The molecule has 0 fully saturated rings. The summed E-state index contributed by atoms with van der Waals surface area (Å²) < 4.78 is 10.3. The minimum Gasteiger partial charge on any atom is -0.482 e. The summed E-state index contributed by atoms with van der Waals surface area (Å²) in [6, 6.07) is 12.8. The Hall–Kier alpha value is -2.86. The lowest BCUT2D eigenvalue weighted by Gasteiger charge is -2.14. The van der Waals surface area contributed by atoms with E-state index in [1.807, 2.05) is 0 Å². The van der Waals surface area contributed by atoms with Gasteiger partial charge in [-0.05, 0) is 55.5 Å². The van der Waals surface area contributed by atoms with Gasteiger partial charge >= 0.3 is 5.97 Å². The van der Waals surface area contributed by atoms with E-state index < -0.39 is 18.0 Å². The number of carbonyl (C=O) groups is 3. The van der Waals surface area contributed by atoms with E-state index in [2.05, 4.69) is 5.32 Å². The number of carbonyl (C=O) groups excluding carboxylic acids is 3. The first-order valence-corrected chi connectivity index (χ1v) is 7.79. The topological polar surface area (TPSA) is 81.7 Å². The maximum atomic E-state index is 12.0. The van der Waals surface area contributed by atoms with Crippen molar-refractivity contribution in [2.75, 3.05) is 11.9 Å². The van der Waals surface area contributed by atoms with Gasteiger partial charge in [0.15, 0.2) is 12.7 Å². The Morgan fingerprint density at radius 1 is 1.12 bits per heavy atom. The van der Waals surface area contributed by atoms with Gasteiger partial charge in [-0.25, -0.2) is 4.79 Å². The first-order chi connectivity index (χ1) is 12.0. The first kappa shape index (κ1) is 18.5. The van der Waals surface area contributed by atoms with Gasteiger partial charge < -0.3 is 14.8 Å². The summed E-state index contributed by atoms with van der Waals surface area (Å²) in [7, 11) is 0. The predicted molar refractivity (Wildman–Crippen MR) is 93.0 cm³/mol. The maximum Gasteiger partial charge on any atom is 0.344 e. The average Bonchev–Trinajstić information content (AvgIpc) is 2.62. The molecule has 1 unspecified atom stereocenters. The van der Waals surface area contributed by atoms with Gasteiger partial charge in [0, 0.05) is 16.3 Å². The average molecular weight is 362 g/mol. The van der Waals surface area contributed by atoms with Crippen LogP contribution in [-0.2, 0) is 14.3 Å². The van der Waals surface area contributed by atoms with Crippen molar-refractivity contribution in [3.63, 3.8) is 0 Å². The summed E-state index contributed by atoms with van der Waals surface area (Å²) in [6.45, 7) is 1.11. The van der Waals surface area contributed by atoms with Gasteiger partial charge in [-0.15, -0.1) is 0 Å². The lowest BCUT2D eigenvalue weighted by atomic mass is 10.2. The molecule has 0 aliphatic carbocycles. The molecule has 1 N–H and O–H groups in total. The highest BCUT2D eigenvalue weighted by atomic mass is 35.5. The quantitative estimate of drug-likeness (QED) is 0.605. The van der Waals surface area contributed by atoms with Crippen molar-refractivity contribution < 1.29 is 23.9 Å². The Morgan fingerprint density at radius 3 is 2.36 bits per heavy atom. The molecular weight excluding hydrogens is 346 g/mol. The molecule has 1 atom stereocenters. The maximum absolute atomic E-state index is 12.0. The minimum absolute atomic E-state index is 0.348. The molecule has 25 heavy (non-hydrogen) atoms. The number of esters is 1. The number of hydrogen-bond donors (Lipinski definition) is 1. The van der Waals surface area contributed by atoms with Crippen LogP contribution in [0.3, 0.4) is 0 Å². The van der Waals surface area contributed by atoms with E-state index in [0.29, 0.717) is 28.3 Å². The lowest BCUT2D eigenvalue weighted by molar-refractivity contribution is -0.155. The number of rotatable bonds is 7. The molecule has 0 saturated carbocycles. The molecule has 0 aliphatic heterocycles. The van der Waals surface area contributed by atoms with Crippen molar-refractivity contribution in [3.05, 3.63) is 59.1 Å². The molecular formula is C18H16ClNO5. The van der Waals surface area contributed by atoms with E-state index in [4.69, 9.17) is 21.1 Å². The Morgan fingerprint density at radius 2 is 1.76 bits per heavy atom. The first-order valence-electron chi connectivity index (χ1n) is 7.42. The van der Waals surface area contributed by atoms with Gasteiger partial charge in [0.25, 0.3) is 5.91 Å². The second-order valence-electron chi connectivity index (χ2n) is 5.10. The van der Waals surface area contributed by atoms with E-state index in [-0.39, 0.29) is 6.61 Å². The van der Waals surface area contributed by atoms with Crippen LogP contribution in [0.4, 0.5) is 5.69 Å². The number of halogens is 1. The number of nitrogens with one attached hydrogen (secondary N) is 1. The molecule has 0 spiro atoms. The fourth-order valence-corrected chi connectivity index (χ4v) is 1.97. The van der Waals surface area contributed by atoms with Gasteiger partial charge in [0.05, 0.1) is 0 Å². The summed E-state index contributed by atoms with van der Waals surface area (Å²) in [5.74, 6) is -0.731. The third kappa shape index (κ3) is 5.93. The Labute approximate surface area is 149 Å². The van der Waals surface area contributed by atoms with Gasteiger partial charge in [0.1, 0.15) is 12.0 Å². The monoisotopic (exact) mass is 361 g/mol. The van der Waals surface area contributed by atoms with Crippen LogP contribution in [0.25, 0.3) is 0 Å². The Balaban J connectivity index is 1.79. The molecule has 2 aromatic carbocycles. The Bertz CT molecular complexity index is 743. The normalized spacial score (nSPS) is 11.3. The van der Waals surface area contributed by atoms with Gasteiger partial charge in [0.2, 0.25) is 0 Å². The third-order valence-corrected chi connectivity index (χ3v) is 3.41. The van der Waals surface area contributed by atoms with E-state index in [9.17, 15) is 14.4 Å². The summed E-state index contributed by atoms with van der Waals surface area (Å²) in [4.78, 5) is 34.3. The molecule has 7 heteroatoms. The van der Waals surface area contributed by atoms with Crippen LogP contribution in [0.15, 0.2) is 48.5 Å². The van der Waals surface area contributed by atoms with Crippen molar-refractivity contribution >= 4 is 35.5 Å². The van der Waals surface area contributed by atoms with E-state index >= 15 is 0 Å². The van der Waals surface area contributed by atoms with Crippen molar-refractivity contribution in [3.8, 4) is 5.75 Å². The number of amides is 1. The van der Waals surface area contributed by atoms with Crippen LogP contribution in [0, 0.1) is 0 Å². The van der Waals surface area contributed by atoms with Crippen molar-refractivity contribution in [2.24, 2.45) is 0 Å². The molecule has 2 aromatic rings. The SMILES string of the molecule is CC(OC(=O)COc1ccc(C=O)cc1)C(=O)Nc1ccc(Cl)cc1. The fourth-order valence-electron chi connectivity index (χ4n) is 1.85. The third-order valence-electron chi connectivity index (χ3n) is 3.16. The molecule has 0 aromatic heterocycles. The van der Waals surface area contributed by atoms with Crippen molar-refractivity contribution in [1.29, 1.82) is 0 Å². The van der Waals surface area contributed by atoms with Gasteiger partial charge in [-0.3, -0.25) is 9.59 Å². The van der Waals surface area contributed by atoms with Crippen LogP contribution in [0.2, 0.25) is 5.02 Å². The second kappa shape index (κ2) is 8.84. The van der Waals surface area contributed by atoms with Crippen LogP contribution < -0.4 is 10.1 Å². The standard InChI is InChI=1S/C18H16ClNO5/c1-12(18(23)20-15-6-4-14(19)5-7-15)25-17(22)11-24-16-8-2-13(10-21)3-9-16/h2-10,12H,11H2,1H3,(H,20,23). The molecule has 1 amide bonds. The fraction of sp³-hybridized carbons (Fsp3) is 0.167. The number of hydrogen-bond acceptors (Lipinski definition) is 5. The van der Waals surface area contributed by atoms with Crippen LogP contribution in [0.5, 0.6) is 5.75 Å². The molecule has 6 nitrogen and oxygen atoms in total. The minimum atomic E-state index is -0.982. The highest BCUT2D eigenvalue weighted by Crippen LogP contribution is 2.14. The van der Waals surface area contributed by atoms with Crippen LogP contribution in [-0.4, -0.2) is 30.9 Å². The largest absolute Gasteiger partial charge is 0.482 e. The molecule has 0 radical (unpaired) electrons. The van der Waals surface area contributed by atoms with E-state index in [0.717, 1.165) is 0 Å². The number of ether oxygens (including phenoxy) is 2. The van der Waals surface area contributed by atoms with Crippen LogP contribution in [0.1, 0.15) is 17.3 Å². The number of anilines is 1.